The number of H-pyrrole nitrogens is 1. The summed E-state index contributed by atoms with van der Waals surface area (Å²) in [7, 11) is 1.29. The molecule has 7 nitrogen and oxygen atoms in total. The van der Waals surface area contributed by atoms with E-state index < -0.39 is 5.97 Å². The number of hydrogen-bond donors (Lipinski definition) is 2. The topological polar surface area (TPSA) is 83.7 Å². The summed E-state index contributed by atoms with van der Waals surface area (Å²) in [5.41, 5.74) is 1.17. The molecule has 26 heavy (non-hydrogen) atoms. The molecule has 1 amide bonds. The Balaban J connectivity index is 1.85. The molecule has 2 heterocycles. The lowest BCUT2D eigenvalue weighted by atomic mass is 10.2. The lowest BCUT2D eigenvalue weighted by Gasteiger charge is -2.34. The molecule has 1 saturated heterocycles. The van der Waals surface area contributed by atoms with E-state index in [0.29, 0.717) is 34.7 Å². The van der Waals surface area contributed by atoms with Gasteiger partial charge in [0.25, 0.3) is 0 Å². The maximum atomic E-state index is 12.6. The molecule has 0 spiro atoms. The molecule has 140 valence electrons. The van der Waals surface area contributed by atoms with Crippen LogP contribution in [-0.2, 0) is 14.3 Å². The Labute approximate surface area is 156 Å². The third-order valence-electron chi connectivity index (χ3n) is 4.29. The number of aromatic amines is 1. The highest BCUT2D eigenvalue weighted by atomic mass is 35.5. The lowest BCUT2D eigenvalue weighted by Crippen LogP contribution is -2.48. The standard InChI is InChI=1S/C18H22ClN3O4/c1-10-7-22(8-11(2)26-10)9-14(23)21-16-15-12(19)5-4-6-13(15)20-17(16)18(24)25-3/h4-6,10-11,20H,7-9H2,1-3H3,(H,21,23)/t10-,11-/m0/s1. The number of methoxy groups -OCH3 is 1. The quantitative estimate of drug-likeness (QED) is 0.798. The largest absolute Gasteiger partial charge is 0.464 e. The monoisotopic (exact) mass is 379 g/mol. The van der Waals surface area contributed by atoms with Crippen molar-refractivity contribution in [3.8, 4) is 0 Å². The maximum Gasteiger partial charge on any atom is 0.356 e. The Hall–Kier alpha value is -2.09. The van der Waals surface area contributed by atoms with Crippen LogP contribution in [0.1, 0.15) is 24.3 Å². The predicted octanol–water partition coefficient (Wildman–Crippen LogP) is 2.66. The van der Waals surface area contributed by atoms with E-state index in [1.807, 2.05) is 18.7 Å². The molecule has 1 aliphatic rings. The molecule has 0 saturated carbocycles. The van der Waals surface area contributed by atoms with E-state index in [2.05, 4.69) is 10.3 Å². The molecule has 2 atom stereocenters. The SMILES string of the molecule is COC(=O)c1[nH]c2cccc(Cl)c2c1NC(=O)CN1C[C@H](C)O[C@@H](C)C1. The van der Waals surface area contributed by atoms with Crippen molar-refractivity contribution in [2.45, 2.75) is 26.1 Å². The molecule has 0 unspecified atom stereocenters. The van der Waals surface area contributed by atoms with Crippen LogP contribution in [-0.4, -0.2) is 60.7 Å². The van der Waals surface area contributed by atoms with E-state index in [1.165, 1.54) is 7.11 Å². The fourth-order valence-electron chi connectivity index (χ4n) is 3.38. The van der Waals surface area contributed by atoms with E-state index in [4.69, 9.17) is 21.1 Å². The minimum Gasteiger partial charge on any atom is -0.464 e. The van der Waals surface area contributed by atoms with Crippen molar-refractivity contribution < 1.29 is 19.1 Å². The third-order valence-corrected chi connectivity index (χ3v) is 4.60. The van der Waals surface area contributed by atoms with Crippen molar-refractivity contribution >= 4 is 40.1 Å². The molecule has 8 heteroatoms. The summed E-state index contributed by atoms with van der Waals surface area (Å²) in [6.07, 6.45) is 0.138. The first-order chi connectivity index (χ1) is 12.4. The zero-order valence-corrected chi connectivity index (χ0v) is 15.7. The van der Waals surface area contributed by atoms with Gasteiger partial charge in [0, 0.05) is 24.0 Å². The summed E-state index contributed by atoms with van der Waals surface area (Å²) in [5.74, 6) is -0.793. The summed E-state index contributed by atoms with van der Waals surface area (Å²) in [6.45, 7) is 5.52. The minimum atomic E-state index is -0.568. The van der Waals surface area contributed by atoms with Crippen LogP contribution in [0.15, 0.2) is 18.2 Å². The van der Waals surface area contributed by atoms with Gasteiger partial charge in [0.15, 0.2) is 0 Å². The second kappa shape index (κ2) is 7.65. The number of morpholine rings is 1. The molecular formula is C18H22ClN3O4. The van der Waals surface area contributed by atoms with Crippen molar-refractivity contribution in [1.29, 1.82) is 0 Å². The van der Waals surface area contributed by atoms with Crippen molar-refractivity contribution in [2.75, 3.05) is 32.1 Å². The van der Waals surface area contributed by atoms with Crippen LogP contribution >= 0.6 is 11.6 Å². The number of benzene rings is 1. The molecule has 0 bridgehead atoms. The van der Waals surface area contributed by atoms with Gasteiger partial charge in [-0.3, -0.25) is 9.69 Å². The van der Waals surface area contributed by atoms with E-state index in [9.17, 15) is 9.59 Å². The number of hydrogen-bond acceptors (Lipinski definition) is 5. The number of rotatable bonds is 4. The minimum absolute atomic E-state index is 0.0692. The number of carbonyl (C=O) groups excluding carboxylic acids is 2. The van der Waals surface area contributed by atoms with Gasteiger partial charge < -0.3 is 19.8 Å². The fraction of sp³-hybridized carbons (Fsp3) is 0.444. The molecule has 1 aromatic carbocycles. The van der Waals surface area contributed by atoms with Crippen LogP contribution in [0.3, 0.4) is 0 Å². The predicted molar refractivity (Wildman–Crippen MR) is 99.7 cm³/mol. The first-order valence-corrected chi connectivity index (χ1v) is 8.83. The number of carbonyl (C=O) groups is 2. The second-order valence-electron chi connectivity index (χ2n) is 6.53. The first-order valence-electron chi connectivity index (χ1n) is 8.45. The van der Waals surface area contributed by atoms with Gasteiger partial charge >= 0.3 is 5.97 Å². The number of nitrogens with zero attached hydrogens (tertiary/aromatic N) is 1. The zero-order chi connectivity index (χ0) is 18.8. The highest BCUT2D eigenvalue weighted by molar-refractivity contribution is 6.37. The van der Waals surface area contributed by atoms with Gasteiger partial charge in [-0.15, -0.1) is 0 Å². The van der Waals surface area contributed by atoms with Crippen LogP contribution in [0, 0.1) is 0 Å². The van der Waals surface area contributed by atoms with E-state index in [0.717, 1.165) is 0 Å². The number of nitrogens with one attached hydrogen (secondary N) is 2. The summed E-state index contributed by atoms with van der Waals surface area (Å²) in [5, 5.41) is 3.86. The van der Waals surface area contributed by atoms with Gasteiger partial charge in [-0.05, 0) is 26.0 Å². The molecule has 1 aromatic heterocycles. The Kier molecular flexibility index (Phi) is 5.50. The normalized spacial score (nSPS) is 20.9. The summed E-state index contributed by atoms with van der Waals surface area (Å²) < 4.78 is 10.5. The van der Waals surface area contributed by atoms with Crippen LogP contribution < -0.4 is 5.32 Å². The molecular weight excluding hydrogens is 358 g/mol. The smallest absolute Gasteiger partial charge is 0.356 e. The Morgan fingerprint density at radius 1 is 1.35 bits per heavy atom. The van der Waals surface area contributed by atoms with Crippen molar-refractivity contribution in [3.63, 3.8) is 0 Å². The summed E-state index contributed by atoms with van der Waals surface area (Å²) in [6, 6.07) is 5.26. The van der Waals surface area contributed by atoms with E-state index in [1.54, 1.807) is 18.2 Å². The maximum absolute atomic E-state index is 12.6. The molecule has 1 aliphatic heterocycles. The van der Waals surface area contributed by atoms with Gasteiger partial charge in [0.05, 0.1) is 36.6 Å². The Bertz CT molecular complexity index is 825. The lowest BCUT2D eigenvalue weighted by molar-refractivity contribution is -0.121. The number of fused-ring (bicyclic) bond motifs is 1. The van der Waals surface area contributed by atoms with Gasteiger partial charge in [0.2, 0.25) is 5.91 Å². The van der Waals surface area contributed by atoms with E-state index >= 15 is 0 Å². The third kappa shape index (κ3) is 3.85. The Morgan fingerprint density at radius 2 is 2.04 bits per heavy atom. The number of amides is 1. The zero-order valence-electron chi connectivity index (χ0n) is 15.0. The van der Waals surface area contributed by atoms with Gasteiger partial charge in [-0.1, -0.05) is 17.7 Å². The van der Waals surface area contributed by atoms with Crippen LogP contribution in [0.5, 0.6) is 0 Å². The van der Waals surface area contributed by atoms with Crippen molar-refractivity contribution in [2.24, 2.45) is 0 Å². The number of halogens is 1. The average molecular weight is 380 g/mol. The molecule has 2 N–H and O–H groups in total. The molecule has 2 aromatic rings. The number of anilines is 1. The first kappa shape index (κ1) is 18.7. The van der Waals surface area contributed by atoms with Crippen LogP contribution in [0.2, 0.25) is 5.02 Å². The summed E-state index contributed by atoms with van der Waals surface area (Å²) >= 11 is 6.29. The highest BCUT2D eigenvalue weighted by Crippen LogP contribution is 2.34. The number of esters is 1. The van der Waals surface area contributed by atoms with Gasteiger partial charge in [-0.2, -0.15) is 0 Å². The van der Waals surface area contributed by atoms with Crippen molar-refractivity contribution in [3.05, 3.63) is 28.9 Å². The van der Waals surface area contributed by atoms with E-state index in [-0.39, 0.29) is 30.4 Å². The van der Waals surface area contributed by atoms with Crippen molar-refractivity contribution in [1.82, 2.24) is 9.88 Å². The molecule has 3 rings (SSSR count). The van der Waals surface area contributed by atoms with Gasteiger partial charge in [0.1, 0.15) is 5.69 Å². The highest BCUT2D eigenvalue weighted by Gasteiger charge is 2.26. The molecule has 0 radical (unpaired) electrons. The average Bonchev–Trinajstić information content (AvgIpc) is 2.92. The second-order valence-corrected chi connectivity index (χ2v) is 6.94. The molecule has 0 aliphatic carbocycles. The summed E-state index contributed by atoms with van der Waals surface area (Å²) in [4.78, 5) is 29.7. The van der Waals surface area contributed by atoms with Crippen LogP contribution in [0.25, 0.3) is 10.9 Å². The number of ether oxygens (including phenoxy) is 2. The number of aromatic nitrogens is 1. The molecule has 1 fully saturated rings. The Morgan fingerprint density at radius 3 is 2.69 bits per heavy atom. The van der Waals surface area contributed by atoms with Gasteiger partial charge in [-0.25, -0.2) is 4.79 Å². The fourth-order valence-corrected chi connectivity index (χ4v) is 3.65. The van der Waals surface area contributed by atoms with Crippen LogP contribution in [0.4, 0.5) is 5.69 Å².